The fourth-order valence-corrected chi connectivity index (χ4v) is 3.51. The zero-order valence-corrected chi connectivity index (χ0v) is 12.2. The fraction of sp³-hybridized carbons (Fsp3) is 0.500. The van der Waals surface area contributed by atoms with Crippen molar-refractivity contribution in [1.82, 2.24) is 4.72 Å². The molecule has 0 aliphatic heterocycles. The number of hydrogen-bond donors (Lipinski definition) is 2. The third-order valence-electron chi connectivity index (χ3n) is 3.48. The molecule has 0 spiro atoms. The third-order valence-corrected chi connectivity index (χ3v) is 5.32. The van der Waals surface area contributed by atoms with E-state index in [1.807, 2.05) is 13.8 Å². The minimum atomic E-state index is -3.54. The maximum Gasteiger partial charge on any atom is 0.240 e. The minimum absolute atomic E-state index is 0.0104. The van der Waals surface area contributed by atoms with E-state index in [0.717, 1.165) is 6.42 Å². The summed E-state index contributed by atoms with van der Waals surface area (Å²) in [5, 5.41) is 0.366. The molecule has 0 saturated heterocycles. The highest BCUT2D eigenvalue weighted by Crippen LogP contribution is 2.45. The molecule has 2 rings (SSSR count). The van der Waals surface area contributed by atoms with Crippen LogP contribution in [0.3, 0.4) is 0 Å². The smallest absolute Gasteiger partial charge is 0.240 e. The highest BCUT2D eigenvalue weighted by atomic mass is 35.5. The van der Waals surface area contributed by atoms with E-state index in [9.17, 15) is 8.42 Å². The first-order valence-corrected chi connectivity index (χ1v) is 7.57. The van der Waals surface area contributed by atoms with Crippen molar-refractivity contribution in [3.05, 3.63) is 22.7 Å². The molecule has 1 aliphatic carbocycles. The standard InChI is InChI=1S/C12H17ClN2O2S/c1-7-9(13)4-8(5-10(7)14)18(16,17)15-11-6-12(11,2)3/h4-5,11,15H,6,14H2,1-3H3. The number of sulfonamides is 1. The van der Waals surface area contributed by atoms with Gasteiger partial charge in [-0.2, -0.15) is 0 Å². The Bertz CT molecular complexity index is 573. The molecule has 1 fully saturated rings. The summed E-state index contributed by atoms with van der Waals surface area (Å²) in [6, 6.07) is 2.87. The van der Waals surface area contributed by atoms with E-state index in [4.69, 9.17) is 17.3 Å². The number of hydrogen-bond acceptors (Lipinski definition) is 3. The van der Waals surface area contributed by atoms with Crippen LogP contribution in [0.25, 0.3) is 0 Å². The largest absolute Gasteiger partial charge is 0.398 e. The van der Waals surface area contributed by atoms with Gasteiger partial charge in [-0.3, -0.25) is 0 Å². The average molecular weight is 289 g/mol. The van der Waals surface area contributed by atoms with Crippen molar-refractivity contribution in [3.63, 3.8) is 0 Å². The second kappa shape index (κ2) is 4.11. The fourth-order valence-electron chi connectivity index (χ4n) is 1.75. The van der Waals surface area contributed by atoms with Crippen LogP contribution in [0.4, 0.5) is 5.69 Å². The molecule has 6 heteroatoms. The second-order valence-corrected chi connectivity index (χ2v) is 7.61. The maximum absolute atomic E-state index is 12.2. The van der Waals surface area contributed by atoms with Gasteiger partial charge in [0.15, 0.2) is 0 Å². The predicted octanol–water partition coefficient (Wildman–Crippen LogP) is 2.31. The van der Waals surface area contributed by atoms with E-state index in [0.29, 0.717) is 16.3 Å². The van der Waals surface area contributed by atoms with E-state index in [-0.39, 0.29) is 16.4 Å². The summed E-state index contributed by atoms with van der Waals surface area (Å²) in [7, 11) is -3.54. The second-order valence-electron chi connectivity index (χ2n) is 5.49. The quantitative estimate of drug-likeness (QED) is 0.838. The Labute approximate surface area is 113 Å². The van der Waals surface area contributed by atoms with E-state index in [1.165, 1.54) is 12.1 Å². The van der Waals surface area contributed by atoms with Crippen molar-refractivity contribution in [2.24, 2.45) is 5.41 Å². The summed E-state index contributed by atoms with van der Waals surface area (Å²) >= 11 is 5.96. The highest BCUT2D eigenvalue weighted by Gasteiger charge is 2.47. The number of rotatable bonds is 3. The van der Waals surface area contributed by atoms with Crippen LogP contribution in [0.15, 0.2) is 17.0 Å². The van der Waals surface area contributed by atoms with Gasteiger partial charge in [0.1, 0.15) is 0 Å². The number of nitrogens with one attached hydrogen (secondary N) is 1. The molecular formula is C12H17ClN2O2S. The molecule has 100 valence electrons. The van der Waals surface area contributed by atoms with Crippen molar-refractivity contribution >= 4 is 27.3 Å². The van der Waals surface area contributed by atoms with Crippen molar-refractivity contribution in [2.75, 3.05) is 5.73 Å². The first-order valence-electron chi connectivity index (χ1n) is 5.71. The molecule has 0 heterocycles. The number of nitrogen functional groups attached to an aromatic ring is 1. The molecule has 0 bridgehead atoms. The van der Waals surface area contributed by atoms with Gasteiger partial charge in [-0.1, -0.05) is 25.4 Å². The van der Waals surface area contributed by atoms with Crippen LogP contribution in [-0.4, -0.2) is 14.5 Å². The van der Waals surface area contributed by atoms with Crippen LogP contribution >= 0.6 is 11.6 Å². The van der Waals surface area contributed by atoms with E-state index < -0.39 is 10.0 Å². The molecule has 0 amide bonds. The van der Waals surface area contributed by atoms with E-state index in [2.05, 4.69) is 4.72 Å². The topological polar surface area (TPSA) is 72.2 Å². The molecule has 0 radical (unpaired) electrons. The average Bonchev–Trinajstić information content (AvgIpc) is 2.80. The van der Waals surface area contributed by atoms with Gasteiger partial charge in [-0.15, -0.1) is 0 Å². The molecule has 1 atom stereocenters. The van der Waals surface area contributed by atoms with E-state index in [1.54, 1.807) is 6.92 Å². The lowest BCUT2D eigenvalue weighted by molar-refractivity contribution is 0.555. The minimum Gasteiger partial charge on any atom is -0.398 e. The Morgan fingerprint density at radius 2 is 2.00 bits per heavy atom. The van der Waals surface area contributed by atoms with Crippen LogP contribution in [0.5, 0.6) is 0 Å². The molecule has 1 unspecified atom stereocenters. The Kier molecular flexibility index (Phi) is 3.12. The zero-order chi connectivity index (χ0) is 13.7. The van der Waals surface area contributed by atoms with Crippen molar-refractivity contribution in [3.8, 4) is 0 Å². The molecule has 0 aromatic heterocycles. The maximum atomic E-state index is 12.2. The van der Waals surface area contributed by atoms with Crippen LogP contribution in [0.2, 0.25) is 5.02 Å². The Morgan fingerprint density at radius 1 is 1.44 bits per heavy atom. The monoisotopic (exact) mass is 288 g/mol. The summed E-state index contributed by atoms with van der Waals surface area (Å²) in [4.78, 5) is 0.123. The van der Waals surface area contributed by atoms with Crippen LogP contribution in [0, 0.1) is 12.3 Å². The lowest BCUT2D eigenvalue weighted by Gasteiger charge is -2.11. The molecule has 1 aromatic carbocycles. The summed E-state index contributed by atoms with van der Waals surface area (Å²) in [5.74, 6) is 0. The van der Waals surface area contributed by atoms with Crippen molar-refractivity contribution < 1.29 is 8.42 Å². The molecule has 18 heavy (non-hydrogen) atoms. The van der Waals surface area contributed by atoms with Gasteiger partial charge in [0.25, 0.3) is 0 Å². The molecule has 1 aromatic rings. The highest BCUT2D eigenvalue weighted by molar-refractivity contribution is 7.89. The van der Waals surface area contributed by atoms with Gasteiger partial charge < -0.3 is 5.73 Å². The van der Waals surface area contributed by atoms with Crippen LogP contribution in [-0.2, 0) is 10.0 Å². The van der Waals surface area contributed by atoms with Crippen LogP contribution in [0.1, 0.15) is 25.8 Å². The Hall–Kier alpha value is -0.780. The normalized spacial score (nSPS) is 21.9. The summed E-state index contributed by atoms with van der Waals surface area (Å²) in [6.07, 6.45) is 0.849. The summed E-state index contributed by atoms with van der Waals surface area (Å²) in [5.41, 5.74) is 6.86. The number of anilines is 1. The Morgan fingerprint density at radius 3 is 2.44 bits per heavy atom. The molecule has 4 nitrogen and oxygen atoms in total. The molecule has 1 aliphatic rings. The molecule has 3 N–H and O–H groups in total. The third kappa shape index (κ3) is 2.48. The SMILES string of the molecule is Cc1c(N)cc(S(=O)(=O)NC2CC2(C)C)cc1Cl. The number of benzene rings is 1. The van der Waals surface area contributed by atoms with Gasteiger partial charge in [-0.05, 0) is 36.5 Å². The van der Waals surface area contributed by atoms with Gasteiger partial charge >= 0.3 is 0 Å². The predicted molar refractivity (Wildman–Crippen MR) is 73.1 cm³/mol. The molecular weight excluding hydrogens is 272 g/mol. The molecule has 1 saturated carbocycles. The first kappa shape index (κ1) is 13.6. The van der Waals surface area contributed by atoms with Crippen LogP contribution < -0.4 is 10.5 Å². The lowest BCUT2D eigenvalue weighted by atomic mass is 10.2. The van der Waals surface area contributed by atoms with Gasteiger partial charge in [0.05, 0.1) is 4.90 Å². The van der Waals surface area contributed by atoms with Crippen molar-refractivity contribution in [2.45, 2.75) is 38.1 Å². The first-order chi connectivity index (χ1) is 8.13. The van der Waals surface area contributed by atoms with Crippen molar-refractivity contribution in [1.29, 1.82) is 0 Å². The number of nitrogens with two attached hydrogens (primary N) is 1. The van der Waals surface area contributed by atoms with E-state index >= 15 is 0 Å². The van der Waals surface area contributed by atoms with Gasteiger partial charge in [0.2, 0.25) is 10.0 Å². The zero-order valence-electron chi connectivity index (χ0n) is 10.6. The number of halogens is 1. The summed E-state index contributed by atoms with van der Waals surface area (Å²) < 4.78 is 27.0. The van der Waals surface area contributed by atoms with Gasteiger partial charge in [-0.25, -0.2) is 13.1 Å². The Balaban J connectivity index is 2.31. The summed E-state index contributed by atoms with van der Waals surface area (Å²) in [6.45, 7) is 5.80. The lowest BCUT2D eigenvalue weighted by Crippen LogP contribution is -2.28. The van der Waals surface area contributed by atoms with Gasteiger partial charge in [0, 0.05) is 16.8 Å².